The number of rotatable bonds is 3. The third-order valence-corrected chi connectivity index (χ3v) is 4.64. The number of benzene rings is 1. The Labute approximate surface area is 126 Å². The highest BCUT2D eigenvalue weighted by molar-refractivity contribution is 5.22. The molecule has 1 aliphatic rings. The molecule has 1 aliphatic carbocycles. The van der Waals surface area contributed by atoms with Crippen LogP contribution >= 0.6 is 0 Å². The standard InChI is InChI=1S/C19H23NO/c1-14-9-15(13-20-12-14)10-18-11-17(7-8-19(18)21)16-5-3-2-4-6-16/h2-6,9,12-13,17-19,21H,7-8,10-11H2,1H3. The highest BCUT2D eigenvalue weighted by Gasteiger charge is 2.30. The van der Waals surface area contributed by atoms with E-state index in [4.69, 9.17) is 0 Å². The minimum atomic E-state index is -0.175. The number of aliphatic hydroxyl groups excluding tert-OH is 1. The third kappa shape index (κ3) is 3.51. The molecule has 1 saturated carbocycles. The minimum Gasteiger partial charge on any atom is -0.393 e. The molecule has 0 spiro atoms. The minimum absolute atomic E-state index is 0.175. The lowest BCUT2D eigenvalue weighted by Crippen LogP contribution is -2.30. The van der Waals surface area contributed by atoms with Crippen LogP contribution < -0.4 is 0 Å². The smallest absolute Gasteiger partial charge is 0.0572 e. The van der Waals surface area contributed by atoms with Crippen molar-refractivity contribution in [2.75, 3.05) is 0 Å². The first-order valence-electron chi connectivity index (χ1n) is 7.86. The van der Waals surface area contributed by atoms with Crippen molar-refractivity contribution in [2.24, 2.45) is 5.92 Å². The number of hydrogen-bond acceptors (Lipinski definition) is 2. The first-order valence-corrected chi connectivity index (χ1v) is 7.86. The molecule has 21 heavy (non-hydrogen) atoms. The average Bonchev–Trinajstić information content (AvgIpc) is 2.50. The first-order chi connectivity index (χ1) is 10.2. The van der Waals surface area contributed by atoms with Crippen LogP contribution in [0.3, 0.4) is 0 Å². The van der Waals surface area contributed by atoms with Gasteiger partial charge in [-0.3, -0.25) is 4.98 Å². The topological polar surface area (TPSA) is 33.1 Å². The highest BCUT2D eigenvalue weighted by Crippen LogP contribution is 2.37. The van der Waals surface area contributed by atoms with Crippen LogP contribution in [-0.2, 0) is 6.42 Å². The molecule has 2 aromatic rings. The maximum atomic E-state index is 10.3. The van der Waals surface area contributed by atoms with E-state index in [0.29, 0.717) is 11.8 Å². The third-order valence-electron chi connectivity index (χ3n) is 4.64. The second-order valence-electron chi connectivity index (χ2n) is 6.32. The van der Waals surface area contributed by atoms with Crippen LogP contribution in [0.15, 0.2) is 48.8 Å². The molecule has 3 unspecified atom stereocenters. The monoisotopic (exact) mass is 281 g/mol. The van der Waals surface area contributed by atoms with E-state index in [-0.39, 0.29) is 6.10 Å². The van der Waals surface area contributed by atoms with Gasteiger partial charge in [-0.2, -0.15) is 0 Å². The molecule has 3 atom stereocenters. The summed E-state index contributed by atoms with van der Waals surface area (Å²) in [6.45, 7) is 2.07. The van der Waals surface area contributed by atoms with Gasteiger partial charge in [0.1, 0.15) is 0 Å². The zero-order chi connectivity index (χ0) is 14.7. The quantitative estimate of drug-likeness (QED) is 0.926. The van der Waals surface area contributed by atoms with Crippen molar-refractivity contribution in [1.82, 2.24) is 4.98 Å². The lowest BCUT2D eigenvalue weighted by Gasteiger charge is -2.33. The molecule has 1 N–H and O–H groups in total. The van der Waals surface area contributed by atoms with E-state index < -0.39 is 0 Å². The molecule has 2 nitrogen and oxygen atoms in total. The fourth-order valence-electron chi connectivity index (χ4n) is 3.53. The van der Waals surface area contributed by atoms with Gasteiger partial charge >= 0.3 is 0 Å². The summed E-state index contributed by atoms with van der Waals surface area (Å²) >= 11 is 0. The molecule has 1 heterocycles. The summed E-state index contributed by atoms with van der Waals surface area (Å²) in [5.74, 6) is 0.921. The number of pyridine rings is 1. The predicted octanol–water partition coefficient (Wildman–Crippen LogP) is 3.88. The molecule has 110 valence electrons. The molecule has 0 bridgehead atoms. The lowest BCUT2D eigenvalue weighted by molar-refractivity contribution is 0.0619. The Morgan fingerprint density at radius 1 is 1.14 bits per heavy atom. The maximum absolute atomic E-state index is 10.3. The zero-order valence-electron chi connectivity index (χ0n) is 12.6. The van der Waals surface area contributed by atoms with Crippen molar-refractivity contribution in [2.45, 2.75) is 44.6 Å². The van der Waals surface area contributed by atoms with Gasteiger partial charge in [0.2, 0.25) is 0 Å². The first kappa shape index (κ1) is 14.3. The number of aryl methyl sites for hydroxylation is 1. The highest BCUT2D eigenvalue weighted by atomic mass is 16.3. The van der Waals surface area contributed by atoms with Gasteiger partial charge in [0.15, 0.2) is 0 Å². The second-order valence-corrected chi connectivity index (χ2v) is 6.32. The van der Waals surface area contributed by atoms with E-state index in [9.17, 15) is 5.11 Å². The molecule has 0 radical (unpaired) electrons. The summed E-state index contributed by atoms with van der Waals surface area (Å²) in [5, 5.41) is 10.3. The Hall–Kier alpha value is -1.67. The average molecular weight is 281 g/mol. The van der Waals surface area contributed by atoms with Crippen LogP contribution in [0.25, 0.3) is 0 Å². The molecule has 1 fully saturated rings. The van der Waals surface area contributed by atoms with Crippen LogP contribution in [0.2, 0.25) is 0 Å². The Morgan fingerprint density at radius 2 is 1.95 bits per heavy atom. The largest absolute Gasteiger partial charge is 0.393 e. The van der Waals surface area contributed by atoms with Gasteiger partial charge in [-0.15, -0.1) is 0 Å². The predicted molar refractivity (Wildman–Crippen MR) is 85.2 cm³/mol. The molecule has 1 aromatic carbocycles. The van der Waals surface area contributed by atoms with Crippen LogP contribution in [-0.4, -0.2) is 16.2 Å². The fraction of sp³-hybridized carbons (Fsp3) is 0.421. The van der Waals surface area contributed by atoms with E-state index >= 15 is 0 Å². The molecule has 2 heteroatoms. The fourth-order valence-corrected chi connectivity index (χ4v) is 3.53. The molecule has 3 rings (SSSR count). The van der Waals surface area contributed by atoms with Gasteiger partial charge in [-0.25, -0.2) is 0 Å². The molecule has 0 amide bonds. The summed E-state index contributed by atoms with van der Waals surface area (Å²) in [6.07, 6.45) is 7.64. The lowest BCUT2D eigenvalue weighted by atomic mass is 9.74. The van der Waals surface area contributed by atoms with Crippen molar-refractivity contribution in [3.63, 3.8) is 0 Å². The van der Waals surface area contributed by atoms with Crippen LogP contribution in [0.5, 0.6) is 0 Å². The molecule has 0 aliphatic heterocycles. The van der Waals surface area contributed by atoms with E-state index in [1.165, 1.54) is 16.7 Å². The SMILES string of the molecule is Cc1cncc(CC2CC(c3ccccc3)CCC2O)c1. The van der Waals surface area contributed by atoms with Gasteiger partial charge in [-0.1, -0.05) is 36.4 Å². The Kier molecular flexibility index (Phi) is 4.35. The summed E-state index contributed by atoms with van der Waals surface area (Å²) in [5.41, 5.74) is 3.85. The number of aliphatic hydroxyl groups is 1. The van der Waals surface area contributed by atoms with Gasteiger partial charge in [0, 0.05) is 12.4 Å². The Morgan fingerprint density at radius 3 is 2.71 bits per heavy atom. The van der Waals surface area contributed by atoms with Gasteiger partial charge < -0.3 is 5.11 Å². The van der Waals surface area contributed by atoms with Crippen LogP contribution in [0.1, 0.15) is 41.9 Å². The number of nitrogens with zero attached hydrogens (tertiary/aromatic N) is 1. The van der Waals surface area contributed by atoms with E-state index in [2.05, 4.69) is 48.3 Å². The van der Waals surface area contributed by atoms with Crippen LogP contribution in [0, 0.1) is 12.8 Å². The number of hydrogen-bond donors (Lipinski definition) is 1. The Bertz CT molecular complexity index is 581. The van der Waals surface area contributed by atoms with E-state index in [1.54, 1.807) is 0 Å². The molecular formula is C19H23NO. The summed E-state index contributed by atoms with van der Waals surface area (Å²) in [7, 11) is 0. The van der Waals surface area contributed by atoms with Crippen molar-refractivity contribution in [3.8, 4) is 0 Å². The normalized spacial score (nSPS) is 25.7. The van der Waals surface area contributed by atoms with Gasteiger partial charge in [0.25, 0.3) is 0 Å². The Balaban J connectivity index is 1.72. The summed E-state index contributed by atoms with van der Waals surface area (Å²) < 4.78 is 0. The van der Waals surface area contributed by atoms with Crippen molar-refractivity contribution in [3.05, 3.63) is 65.5 Å². The van der Waals surface area contributed by atoms with Crippen molar-refractivity contribution < 1.29 is 5.11 Å². The van der Waals surface area contributed by atoms with Crippen molar-refractivity contribution in [1.29, 1.82) is 0 Å². The van der Waals surface area contributed by atoms with Crippen LogP contribution in [0.4, 0.5) is 0 Å². The zero-order valence-corrected chi connectivity index (χ0v) is 12.6. The van der Waals surface area contributed by atoms with Gasteiger partial charge in [0.05, 0.1) is 6.10 Å². The number of aromatic nitrogens is 1. The van der Waals surface area contributed by atoms with Gasteiger partial charge in [-0.05, 0) is 61.1 Å². The molecule has 0 saturated heterocycles. The molecule has 1 aromatic heterocycles. The maximum Gasteiger partial charge on any atom is 0.0572 e. The van der Waals surface area contributed by atoms with E-state index in [1.807, 2.05) is 12.4 Å². The van der Waals surface area contributed by atoms with Crippen molar-refractivity contribution >= 4 is 0 Å². The summed E-state index contributed by atoms with van der Waals surface area (Å²) in [6, 6.07) is 12.9. The summed E-state index contributed by atoms with van der Waals surface area (Å²) in [4.78, 5) is 4.27. The second kappa shape index (κ2) is 6.40. The molecular weight excluding hydrogens is 258 g/mol. The van der Waals surface area contributed by atoms with E-state index in [0.717, 1.165) is 25.7 Å².